The number of nitrogens with two attached hydrogens (primary N) is 1. The third-order valence-electron chi connectivity index (χ3n) is 18.3. The molecule has 22 nitrogen and oxygen atoms in total. The first-order valence-electron chi connectivity index (χ1n) is 32.5. The van der Waals surface area contributed by atoms with Crippen LogP contribution in [0.1, 0.15) is 184 Å². The first-order valence-corrected chi connectivity index (χ1v) is 32.5. The lowest BCUT2D eigenvalue weighted by Gasteiger charge is -2.30. The van der Waals surface area contributed by atoms with Gasteiger partial charge in [0.2, 0.25) is 41.4 Å². The van der Waals surface area contributed by atoms with E-state index in [4.69, 9.17) is 10.5 Å². The second-order valence-corrected chi connectivity index (χ2v) is 25.4. The molecule has 1 aliphatic heterocycles. The lowest BCUT2D eigenvalue weighted by molar-refractivity contribution is -0.156. The number of primary amides is 1. The number of aliphatic hydroxyl groups excluding tert-OH is 2. The van der Waals surface area contributed by atoms with Crippen molar-refractivity contribution in [3.05, 3.63) is 48.6 Å². The zero-order valence-electron chi connectivity index (χ0n) is 54.7. The number of nitrogens with one attached hydrogen (secondary N) is 6. The third kappa shape index (κ3) is 23.5. The number of amides is 7. The first-order chi connectivity index (χ1) is 42.6. The fourth-order valence-corrected chi connectivity index (χ4v) is 11.5. The van der Waals surface area contributed by atoms with Crippen LogP contribution >= 0.6 is 0 Å². The summed E-state index contributed by atoms with van der Waals surface area (Å²) in [5, 5.41) is 37.5. The molecule has 1 saturated heterocycles. The Morgan fingerprint density at radius 1 is 0.744 bits per heavy atom. The van der Waals surface area contributed by atoms with E-state index < -0.39 is 199 Å². The number of carbonyl (C=O) groups is 12. The standard InChI is InChI=1S/C67H104FN7O15/c1-12-17-18-19-23-26-51-65(88)90-43(11)59(53(79)29-41(9)60(83)75-67(66(89)71-51)35-48(67)30-42(10)68)74-63(86)47(37-77)33-55(81)58(40(8)15-4)73-64(87)49(38(6)13-2)34-52(78)50(27-28-56(69)82)70-62(85)46(36-76)32-54(80)57(39(7)14-3)72-61(84)45(16-5)31-44-24-21-20-22-25-44/h12,20-22,24-25,38-43,45-51,57-59,76-77H,1,13-19,23,26-37H2,2-11H3,(H2,69,82)(H,70,85)(H,71,89)(H,72,84)(H,73,87)(H,74,86)(H,75,83)/t38-,39-,40-,41+,42?,43-,45+,46-,47-,48?,49+,50+,51-,57-,58-,59+,67?/m0/s1. The maximum absolute atomic E-state index is 14.5. The van der Waals surface area contributed by atoms with Gasteiger partial charge in [0.1, 0.15) is 23.7 Å². The molecule has 23 heteroatoms. The van der Waals surface area contributed by atoms with Crippen molar-refractivity contribution in [1.82, 2.24) is 31.9 Å². The third-order valence-corrected chi connectivity index (χ3v) is 18.3. The molecule has 504 valence electrons. The molecule has 17 atom stereocenters. The molecule has 0 radical (unpaired) electrons. The summed E-state index contributed by atoms with van der Waals surface area (Å²) in [5.74, 6) is -16.4. The minimum absolute atomic E-state index is 0.0484. The van der Waals surface area contributed by atoms with Crippen LogP contribution in [0.5, 0.6) is 0 Å². The van der Waals surface area contributed by atoms with Crippen LogP contribution in [-0.2, 0) is 68.7 Å². The number of Topliss-reactive ketones (excluding diaryl/α,β-unsaturated/α-hetero) is 4. The van der Waals surface area contributed by atoms with E-state index in [2.05, 4.69) is 38.5 Å². The highest BCUT2D eigenvalue weighted by Crippen LogP contribution is 2.48. The molecule has 3 unspecified atom stereocenters. The van der Waals surface area contributed by atoms with Crippen molar-refractivity contribution >= 4 is 70.5 Å². The van der Waals surface area contributed by atoms with Gasteiger partial charge < -0.3 is 52.6 Å². The largest absolute Gasteiger partial charge is 0.458 e. The van der Waals surface area contributed by atoms with Crippen LogP contribution in [-0.4, -0.2) is 142 Å². The van der Waals surface area contributed by atoms with Crippen LogP contribution in [0.3, 0.4) is 0 Å². The number of ketones is 4. The molecule has 0 aromatic heterocycles. The Balaban J connectivity index is 1.86. The smallest absolute Gasteiger partial charge is 0.328 e. The van der Waals surface area contributed by atoms with Crippen LogP contribution in [0.15, 0.2) is 43.0 Å². The van der Waals surface area contributed by atoms with E-state index in [0.29, 0.717) is 51.4 Å². The summed E-state index contributed by atoms with van der Waals surface area (Å²) in [6.45, 7) is 18.5. The summed E-state index contributed by atoms with van der Waals surface area (Å²) in [6.07, 6.45) is 0.966. The summed E-state index contributed by atoms with van der Waals surface area (Å²) >= 11 is 0. The van der Waals surface area contributed by atoms with Gasteiger partial charge in [-0.3, -0.25) is 52.7 Å². The summed E-state index contributed by atoms with van der Waals surface area (Å²) in [6, 6.07) is 2.80. The number of rotatable bonds is 39. The molecule has 1 aromatic rings. The molecule has 3 rings (SSSR count). The predicted molar refractivity (Wildman–Crippen MR) is 336 cm³/mol. The normalized spacial score (nSPS) is 23.2. The molecule has 1 aromatic carbocycles. The number of cyclic esters (lactones) is 1. The number of ether oxygens (including phenoxy) is 1. The van der Waals surface area contributed by atoms with Gasteiger partial charge in [-0.1, -0.05) is 124 Å². The van der Waals surface area contributed by atoms with Crippen LogP contribution in [0.2, 0.25) is 0 Å². The highest BCUT2D eigenvalue weighted by Gasteiger charge is 2.62. The minimum Gasteiger partial charge on any atom is -0.458 e. The van der Waals surface area contributed by atoms with Gasteiger partial charge in [-0.15, -0.1) is 6.58 Å². The zero-order chi connectivity index (χ0) is 67.6. The van der Waals surface area contributed by atoms with Crippen LogP contribution in [0, 0.1) is 53.3 Å². The van der Waals surface area contributed by atoms with Crippen molar-refractivity contribution in [3.63, 3.8) is 0 Å². The zero-order valence-corrected chi connectivity index (χ0v) is 54.7. The van der Waals surface area contributed by atoms with Crippen molar-refractivity contribution < 1.29 is 76.9 Å². The summed E-state index contributed by atoms with van der Waals surface area (Å²) < 4.78 is 20.1. The molecular weight excluding hydrogens is 1160 g/mol. The van der Waals surface area contributed by atoms with E-state index in [1.807, 2.05) is 44.2 Å². The Bertz CT molecular complexity index is 2620. The van der Waals surface area contributed by atoms with E-state index >= 15 is 0 Å². The number of alkyl halides is 1. The molecule has 2 aliphatic rings. The number of aliphatic hydroxyl groups is 2. The fraction of sp³-hybridized carbons (Fsp3) is 0.701. The molecule has 1 spiro atoms. The van der Waals surface area contributed by atoms with Crippen molar-refractivity contribution in [2.75, 3.05) is 13.2 Å². The number of hydrogen-bond donors (Lipinski definition) is 9. The fourth-order valence-electron chi connectivity index (χ4n) is 11.5. The van der Waals surface area contributed by atoms with Crippen LogP contribution in [0.4, 0.5) is 4.39 Å². The maximum Gasteiger partial charge on any atom is 0.328 e. The van der Waals surface area contributed by atoms with Gasteiger partial charge in [0.25, 0.3) is 0 Å². The van der Waals surface area contributed by atoms with E-state index in [1.165, 1.54) is 20.8 Å². The van der Waals surface area contributed by atoms with E-state index in [0.717, 1.165) is 12.0 Å². The lowest BCUT2D eigenvalue weighted by atomic mass is 9.83. The van der Waals surface area contributed by atoms with Gasteiger partial charge in [0.15, 0.2) is 23.1 Å². The Morgan fingerprint density at radius 2 is 1.31 bits per heavy atom. The van der Waals surface area contributed by atoms with E-state index in [-0.39, 0.29) is 43.9 Å². The minimum atomic E-state index is -1.63. The summed E-state index contributed by atoms with van der Waals surface area (Å²) in [5.41, 5.74) is 4.90. The van der Waals surface area contributed by atoms with Gasteiger partial charge in [-0.25, -0.2) is 9.18 Å². The molecule has 1 aliphatic carbocycles. The van der Waals surface area contributed by atoms with Crippen molar-refractivity contribution in [3.8, 4) is 0 Å². The summed E-state index contributed by atoms with van der Waals surface area (Å²) in [7, 11) is 0. The highest BCUT2D eigenvalue weighted by atomic mass is 19.1. The van der Waals surface area contributed by atoms with Gasteiger partial charge in [-0.05, 0) is 94.4 Å². The quantitative estimate of drug-likeness (QED) is 0.0235. The SMILES string of the molecule is C=CCCCCC[C@@H]1NC(=O)C2(CC2CC(C)F)NC(=O)[C@H](C)CC(=O)[C@H](NC(=O)[C@H](CO)CC(=O)[C@@H](NC(=O)[C@H](CC(=O)[C@@H](CCC(N)=O)NC(=O)[C@H](CO)CC(=O)[C@@H](NC(=O)[C@H](CC)Cc2ccccc2)[C@@H](C)CC)[C@@H](C)CC)[C@@H](C)CC)[C@H](C)OC1=O. The monoisotopic (exact) mass is 1270 g/mol. The average molecular weight is 1270 g/mol. The first kappa shape index (κ1) is 77.5. The number of allylic oxidation sites excluding steroid dienone is 1. The molecule has 7 amide bonds. The number of unbranched alkanes of at least 4 members (excludes halogenated alkanes) is 3. The molecule has 0 bridgehead atoms. The van der Waals surface area contributed by atoms with Crippen molar-refractivity contribution in [2.24, 2.45) is 59.0 Å². The van der Waals surface area contributed by atoms with Gasteiger partial charge in [0, 0.05) is 49.9 Å². The number of halogens is 1. The van der Waals surface area contributed by atoms with Crippen molar-refractivity contribution in [2.45, 2.75) is 233 Å². The molecule has 10 N–H and O–H groups in total. The topological polar surface area (TPSA) is 353 Å². The highest BCUT2D eigenvalue weighted by molar-refractivity contribution is 6.01. The van der Waals surface area contributed by atoms with Crippen LogP contribution in [0.25, 0.3) is 0 Å². The Hall–Kier alpha value is -6.75. The average Bonchev–Trinajstić information content (AvgIpc) is 1.62. The van der Waals surface area contributed by atoms with Gasteiger partial charge in [-0.2, -0.15) is 0 Å². The second-order valence-electron chi connectivity index (χ2n) is 25.4. The molecule has 90 heavy (non-hydrogen) atoms. The predicted octanol–water partition coefficient (Wildman–Crippen LogP) is 5.09. The van der Waals surface area contributed by atoms with E-state index in [9.17, 15) is 72.1 Å². The lowest BCUT2D eigenvalue weighted by Crippen LogP contribution is -2.56. The molecule has 1 heterocycles. The molecule has 1 saturated carbocycles. The Morgan fingerprint density at radius 3 is 1.84 bits per heavy atom. The number of esters is 1. The van der Waals surface area contributed by atoms with Crippen LogP contribution < -0.4 is 37.6 Å². The summed E-state index contributed by atoms with van der Waals surface area (Å²) in [4.78, 5) is 167. The van der Waals surface area contributed by atoms with E-state index in [1.54, 1.807) is 40.7 Å². The second kappa shape index (κ2) is 38.2. The number of hydrogen-bond acceptors (Lipinski definition) is 15. The Labute approximate surface area is 530 Å². The van der Waals surface area contributed by atoms with Crippen molar-refractivity contribution in [1.29, 1.82) is 0 Å². The Kier molecular flexibility index (Phi) is 32.9. The molecular formula is C67H104FN7O15. The number of carbonyl (C=O) groups excluding carboxylic acids is 12. The number of benzene rings is 1. The molecule has 2 fully saturated rings. The maximum atomic E-state index is 14.5. The van der Waals surface area contributed by atoms with Gasteiger partial charge >= 0.3 is 5.97 Å². The van der Waals surface area contributed by atoms with Gasteiger partial charge in [0.05, 0.1) is 49.3 Å².